The normalized spacial score (nSPS) is 11.7. The van der Waals surface area contributed by atoms with E-state index in [-0.39, 0.29) is 34.9 Å². The minimum Gasteiger partial charge on any atom is -0.497 e. The number of alkyl halides is 3. The third-order valence-corrected chi connectivity index (χ3v) is 5.48. The Morgan fingerprint density at radius 2 is 1.69 bits per heavy atom. The van der Waals surface area contributed by atoms with Crippen LogP contribution in [0.15, 0.2) is 67.1 Å². The van der Waals surface area contributed by atoms with Crippen LogP contribution in [0.25, 0.3) is 34.0 Å². The molecule has 0 radical (unpaired) electrons. The largest absolute Gasteiger partial charge is 0.497 e. The third-order valence-electron chi connectivity index (χ3n) is 5.48. The Bertz CT molecular complexity index is 1510. The molecule has 0 saturated carbocycles. The molecule has 0 aliphatic carbocycles. The van der Waals surface area contributed by atoms with Gasteiger partial charge in [-0.3, -0.25) is 9.67 Å². The number of pyridine rings is 1. The molecule has 3 heterocycles. The molecule has 0 saturated heterocycles. The molecule has 2 aromatic carbocycles. The molecular weight excluding hydrogens is 481 g/mol. The van der Waals surface area contributed by atoms with Gasteiger partial charge < -0.3 is 4.74 Å². The van der Waals surface area contributed by atoms with Gasteiger partial charge in [-0.1, -0.05) is 12.1 Å². The van der Waals surface area contributed by atoms with E-state index in [1.807, 2.05) is 0 Å². The highest BCUT2D eigenvalue weighted by Gasteiger charge is 2.34. The topological polar surface area (TPSA) is 65.7 Å². The van der Waals surface area contributed by atoms with Crippen LogP contribution in [0.1, 0.15) is 11.1 Å². The van der Waals surface area contributed by atoms with E-state index < -0.39 is 23.4 Å². The Hall–Kier alpha value is -4.41. The smallest absolute Gasteiger partial charge is 0.417 e. The lowest BCUT2D eigenvalue weighted by Gasteiger charge is -2.14. The predicted octanol–water partition coefficient (Wildman–Crippen LogP) is 5.86. The van der Waals surface area contributed by atoms with Gasteiger partial charge in [0.1, 0.15) is 17.1 Å². The van der Waals surface area contributed by atoms with Crippen molar-refractivity contribution in [1.29, 1.82) is 0 Å². The van der Waals surface area contributed by atoms with Crippen molar-refractivity contribution in [2.45, 2.75) is 12.7 Å². The van der Waals surface area contributed by atoms with Gasteiger partial charge in [0.25, 0.3) is 0 Å². The van der Waals surface area contributed by atoms with Crippen LogP contribution in [0.5, 0.6) is 5.75 Å². The van der Waals surface area contributed by atoms with Gasteiger partial charge >= 0.3 is 6.18 Å². The van der Waals surface area contributed by atoms with Crippen LogP contribution in [0, 0.1) is 11.6 Å². The zero-order valence-electron chi connectivity index (χ0n) is 18.6. The summed E-state index contributed by atoms with van der Waals surface area (Å²) in [6.45, 7) is 0.245. The standard InChI is InChI=1S/C25H16F5N5O/c1-36-15-6-7-16(18(9-15)25(28,29)30)20-8-5-14(10-31-20)12-35-13-22-21(11-32-35)33-24(34-22)17-3-2-4-19(26)23(17)27/h2-11,13H,12H2,1H3. The van der Waals surface area contributed by atoms with E-state index in [0.29, 0.717) is 17.0 Å². The number of imidazole rings is 1. The van der Waals surface area contributed by atoms with Crippen molar-refractivity contribution < 1.29 is 26.7 Å². The van der Waals surface area contributed by atoms with Gasteiger partial charge in [0.05, 0.1) is 42.9 Å². The summed E-state index contributed by atoms with van der Waals surface area (Å²) in [5.74, 6) is -1.90. The summed E-state index contributed by atoms with van der Waals surface area (Å²) in [6, 6.07) is 10.6. The zero-order valence-corrected chi connectivity index (χ0v) is 18.6. The SMILES string of the molecule is COc1ccc(-c2ccc(Cn3cc4nc(-c5cccc(F)c5F)nc-4cn3)cn2)c(C(F)(F)F)c1. The molecule has 0 fully saturated rings. The highest BCUT2D eigenvalue weighted by atomic mass is 19.4. The van der Waals surface area contributed by atoms with Gasteiger partial charge in [0.2, 0.25) is 0 Å². The van der Waals surface area contributed by atoms with Crippen LogP contribution in [-0.4, -0.2) is 31.8 Å². The number of benzene rings is 2. The molecule has 36 heavy (non-hydrogen) atoms. The van der Waals surface area contributed by atoms with Crippen LogP contribution in [0.2, 0.25) is 0 Å². The molecule has 1 aromatic heterocycles. The summed E-state index contributed by atoms with van der Waals surface area (Å²) in [6.07, 6.45) is -0.0872. The van der Waals surface area contributed by atoms with Crippen LogP contribution in [-0.2, 0) is 12.7 Å². The number of hydrogen-bond donors (Lipinski definition) is 0. The van der Waals surface area contributed by atoms with Gasteiger partial charge in [-0.2, -0.15) is 18.3 Å². The molecule has 0 atom stereocenters. The highest BCUT2D eigenvalue weighted by molar-refractivity contribution is 5.67. The molecule has 3 aromatic rings. The second-order valence-corrected chi connectivity index (χ2v) is 7.85. The summed E-state index contributed by atoms with van der Waals surface area (Å²) in [7, 11) is 1.30. The minimum absolute atomic E-state index is 0.0348. The fourth-order valence-electron chi connectivity index (χ4n) is 3.72. The molecule has 0 amide bonds. The molecule has 11 heteroatoms. The van der Waals surface area contributed by atoms with E-state index in [9.17, 15) is 22.0 Å². The molecule has 5 rings (SSSR count). The zero-order chi connectivity index (χ0) is 25.4. The lowest BCUT2D eigenvalue weighted by molar-refractivity contribution is -0.137. The number of ether oxygens (including phenoxy) is 1. The summed E-state index contributed by atoms with van der Waals surface area (Å²) < 4.78 is 74.8. The van der Waals surface area contributed by atoms with Crippen molar-refractivity contribution in [1.82, 2.24) is 24.7 Å². The quantitative estimate of drug-likeness (QED) is 0.285. The molecule has 0 spiro atoms. The maximum absolute atomic E-state index is 14.1. The van der Waals surface area contributed by atoms with Gasteiger partial charge in [-0.25, -0.2) is 18.7 Å². The van der Waals surface area contributed by atoms with E-state index in [2.05, 4.69) is 20.1 Å². The number of fused-ring (bicyclic) bond motifs is 1. The van der Waals surface area contributed by atoms with Crippen molar-refractivity contribution in [2.24, 2.45) is 0 Å². The molecule has 182 valence electrons. The second kappa shape index (κ2) is 8.99. The van der Waals surface area contributed by atoms with E-state index in [4.69, 9.17) is 4.74 Å². The van der Waals surface area contributed by atoms with Crippen molar-refractivity contribution in [3.8, 4) is 39.8 Å². The Morgan fingerprint density at radius 3 is 2.42 bits per heavy atom. The lowest BCUT2D eigenvalue weighted by Crippen LogP contribution is -2.08. The molecule has 0 bridgehead atoms. The minimum atomic E-state index is -4.58. The van der Waals surface area contributed by atoms with Crippen molar-refractivity contribution in [2.75, 3.05) is 7.11 Å². The van der Waals surface area contributed by atoms with Gasteiger partial charge in [0, 0.05) is 11.8 Å². The summed E-state index contributed by atoms with van der Waals surface area (Å²) >= 11 is 0. The number of halogens is 5. The maximum Gasteiger partial charge on any atom is 0.417 e. The fourth-order valence-corrected chi connectivity index (χ4v) is 3.72. The molecule has 6 nitrogen and oxygen atoms in total. The van der Waals surface area contributed by atoms with E-state index in [1.165, 1.54) is 54.5 Å². The monoisotopic (exact) mass is 497 g/mol. The first-order valence-electron chi connectivity index (χ1n) is 10.6. The number of nitrogens with zero attached hydrogens (tertiary/aromatic N) is 5. The lowest BCUT2D eigenvalue weighted by atomic mass is 10.0. The fraction of sp³-hybridized carbons (Fsp3) is 0.120. The van der Waals surface area contributed by atoms with E-state index in [0.717, 1.165) is 12.1 Å². The number of methoxy groups -OCH3 is 1. The average Bonchev–Trinajstić information content (AvgIpc) is 3.28. The first-order chi connectivity index (χ1) is 17.2. The number of hydrogen-bond acceptors (Lipinski definition) is 5. The van der Waals surface area contributed by atoms with Crippen molar-refractivity contribution >= 4 is 0 Å². The summed E-state index contributed by atoms with van der Waals surface area (Å²) in [4.78, 5) is 12.7. The Kier molecular flexibility index (Phi) is 5.83. The number of aromatic nitrogens is 5. The molecular formula is C25H16F5N5O. The second-order valence-electron chi connectivity index (χ2n) is 7.85. The first kappa shape index (κ1) is 23.3. The van der Waals surface area contributed by atoms with Gasteiger partial charge in [-0.05, 0) is 42.0 Å². The van der Waals surface area contributed by atoms with Crippen molar-refractivity contribution in [3.63, 3.8) is 0 Å². The third kappa shape index (κ3) is 4.47. The molecule has 2 aliphatic heterocycles. The van der Waals surface area contributed by atoms with Crippen LogP contribution in [0.4, 0.5) is 22.0 Å². The highest BCUT2D eigenvalue weighted by Crippen LogP contribution is 2.38. The van der Waals surface area contributed by atoms with Crippen LogP contribution in [0.3, 0.4) is 0 Å². The molecule has 0 N–H and O–H groups in total. The summed E-state index contributed by atoms with van der Waals surface area (Å²) in [5.41, 5.74) is 0.683. The van der Waals surface area contributed by atoms with Crippen LogP contribution < -0.4 is 4.74 Å². The maximum atomic E-state index is 14.1. The molecule has 2 aliphatic rings. The average molecular weight is 497 g/mol. The number of rotatable bonds is 5. The Morgan fingerprint density at radius 1 is 0.889 bits per heavy atom. The molecule has 0 unspecified atom stereocenters. The van der Waals surface area contributed by atoms with Crippen LogP contribution >= 0.6 is 0 Å². The van der Waals surface area contributed by atoms with Gasteiger partial charge in [0.15, 0.2) is 17.5 Å². The first-order valence-corrected chi connectivity index (χ1v) is 10.6. The van der Waals surface area contributed by atoms with Crippen molar-refractivity contribution in [3.05, 3.63) is 89.9 Å². The van der Waals surface area contributed by atoms with E-state index in [1.54, 1.807) is 12.3 Å². The van der Waals surface area contributed by atoms with Gasteiger partial charge in [-0.15, -0.1) is 0 Å². The predicted molar refractivity (Wildman–Crippen MR) is 120 cm³/mol. The Balaban J connectivity index is 1.40. The summed E-state index contributed by atoms with van der Waals surface area (Å²) in [5, 5.41) is 4.25. The Labute approximate surface area is 201 Å². The van der Waals surface area contributed by atoms with E-state index >= 15 is 0 Å².